The fraction of sp³-hybridized carbons (Fsp3) is 0.375. The molecule has 0 fully saturated rings. The van der Waals surface area contributed by atoms with E-state index in [9.17, 15) is 0 Å². The molecule has 0 radical (unpaired) electrons. The topological polar surface area (TPSA) is 0 Å². The minimum atomic E-state index is 0.161. The molecule has 0 saturated carbocycles. The average Bonchev–Trinajstić information content (AvgIpc) is 2.49. The zero-order valence-corrected chi connectivity index (χ0v) is 10.7. The van der Waals surface area contributed by atoms with E-state index in [1.165, 1.54) is 22.3 Å². The molecule has 0 atom stereocenters. The van der Waals surface area contributed by atoms with Crippen molar-refractivity contribution >= 4 is 5.57 Å². The van der Waals surface area contributed by atoms with Gasteiger partial charge in [-0.2, -0.15) is 0 Å². The van der Waals surface area contributed by atoms with Crippen molar-refractivity contribution in [2.24, 2.45) is 0 Å². The van der Waals surface area contributed by atoms with E-state index in [1.807, 2.05) is 0 Å². The highest BCUT2D eigenvalue weighted by molar-refractivity contribution is 5.89. The number of allylic oxidation sites excluding steroid dienone is 4. The molecule has 0 heterocycles. The summed E-state index contributed by atoms with van der Waals surface area (Å²) in [6.07, 6.45) is 5.72. The second-order valence-corrected chi connectivity index (χ2v) is 4.90. The van der Waals surface area contributed by atoms with E-state index in [1.54, 1.807) is 0 Å². The van der Waals surface area contributed by atoms with E-state index in [2.05, 4.69) is 64.1 Å². The first kappa shape index (κ1) is 11.2. The van der Waals surface area contributed by atoms with Crippen molar-refractivity contribution < 1.29 is 0 Å². The van der Waals surface area contributed by atoms with Gasteiger partial charge in [-0.25, -0.2) is 0 Å². The molecule has 0 N–H and O–H groups in total. The predicted octanol–water partition coefficient (Wildman–Crippen LogP) is 4.72. The molecule has 1 aromatic carbocycles. The number of hydrogen-bond acceptors (Lipinski definition) is 0. The Balaban J connectivity index is 2.70. The molecule has 0 unspecified atom stereocenters. The second-order valence-electron chi connectivity index (χ2n) is 4.90. The van der Waals surface area contributed by atoms with Crippen molar-refractivity contribution in [1.29, 1.82) is 0 Å². The summed E-state index contributed by atoms with van der Waals surface area (Å²) in [6.45, 7) is 8.99. The highest BCUT2D eigenvalue weighted by Gasteiger charge is 2.36. The van der Waals surface area contributed by atoms with Crippen LogP contribution in [0, 0.1) is 0 Å². The molecule has 0 bridgehead atoms. The largest absolute Gasteiger partial charge is 0.0801 e. The van der Waals surface area contributed by atoms with Crippen molar-refractivity contribution in [2.45, 2.75) is 39.5 Å². The Hall–Kier alpha value is -1.30. The first-order valence-electron chi connectivity index (χ1n) is 6.10. The second kappa shape index (κ2) is 3.93. The molecule has 0 aliphatic heterocycles. The molecule has 84 valence electrons. The smallest absolute Gasteiger partial charge is 0.0155 e. The van der Waals surface area contributed by atoms with Crippen LogP contribution in [-0.4, -0.2) is 0 Å². The molecule has 2 rings (SSSR count). The molecule has 0 amide bonds. The summed E-state index contributed by atoms with van der Waals surface area (Å²) < 4.78 is 0. The number of benzene rings is 1. The zero-order valence-electron chi connectivity index (χ0n) is 10.7. The highest BCUT2D eigenvalue weighted by atomic mass is 14.4. The Morgan fingerprint density at radius 3 is 2.50 bits per heavy atom. The fourth-order valence-corrected chi connectivity index (χ4v) is 2.77. The van der Waals surface area contributed by atoms with Crippen LogP contribution in [0.25, 0.3) is 5.57 Å². The summed E-state index contributed by atoms with van der Waals surface area (Å²) in [6, 6.07) is 8.77. The molecule has 0 aromatic heterocycles. The Morgan fingerprint density at radius 2 is 1.88 bits per heavy atom. The normalized spacial score (nSPS) is 22.8. The number of fused-ring (bicyclic) bond motifs is 1. The van der Waals surface area contributed by atoms with Gasteiger partial charge in [0.1, 0.15) is 0 Å². The van der Waals surface area contributed by atoms with Crippen molar-refractivity contribution in [3.05, 3.63) is 53.1 Å². The Labute approximate surface area is 98.7 Å². The van der Waals surface area contributed by atoms with Crippen LogP contribution in [0.2, 0.25) is 0 Å². The third kappa shape index (κ3) is 1.44. The van der Waals surface area contributed by atoms with Gasteiger partial charge in [0.2, 0.25) is 0 Å². The third-order valence-corrected chi connectivity index (χ3v) is 3.55. The van der Waals surface area contributed by atoms with E-state index in [0.29, 0.717) is 0 Å². The quantitative estimate of drug-likeness (QED) is 0.632. The van der Waals surface area contributed by atoms with Gasteiger partial charge in [0.25, 0.3) is 0 Å². The molecule has 0 nitrogen and oxygen atoms in total. The van der Waals surface area contributed by atoms with Crippen molar-refractivity contribution in [1.82, 2.24) is 0 Å². The monoisotopic (exact) mass is 212 g/mol. The average molecular weight is 212 g/mol. The molecule has 0 spiro atoms. The van der Waals surface area contributed by atoms with Gasteiger partial charge in [0.05, 0.1) is 0 Å². The van der Waals surface area contributed by atoms with E-state index in [4.69, 9.17) is 0 Å². The summed E-state index contributed by atoms with van der Waals surface area (Å²) in [4.78, 5) is 0. The van der Waals surface area contributed by atoms with Crippen LogP contribution in [0.5, 0.6) is 0 Å². The van der Waals surface area contributed by atoms with Gasteiger partial charge in [-0.05, 0) is 35.6 Å². The van der Waals surface area contributed by atoms with Gasteiger partial charge in [0.15, 0.2) is 0 Å². The third-order valence-electron chi connectivity index (χ3n) is 3.55. The maximum Gasteiger partial charge on any atom is 0.0155 e. The zero-order chi connectivity index (χ0) is 11.8. The highest BCUT2D eigenvalue weighted by Crippen LogP contribution is 2.49. The Kier molecular flexibility index (Phi) is 2.75. The standard InChI is InChI=1S/C16H20/c1-5-9-14-12(6-2)13-10-7-8-11-15(13)16(14,3)4/h6-11H,5H2,1-4H3/b12-6-,14-9+. The summed E-state index contributed by atoms with van der Waals surface area (Å²) in [5.41, 5.74) is 5.94. The lowest BCUT2D eigenvalue weighted by Gasteiger charge is -2.22. The van der Waals surface area contributed by atoms with E-state index < -0.39 is 0 Å². The van der Waals surface area contributed by atoms with Gasteiger partial charge in [0, 0.05) is 5.41 Å². The molecular weight excluding hydrogens is 192 g/mol. The minimum absolute atomic E-state index is 0.161. The van der Waals surface area contributed by atoms with Crippen molar-refractivity contribution in [2.75, 3.05) is 0 Å². The van der Waals surface area contributed by atoms with E-state index in [0.717, 1.165) is 6.42 Å². The van der Waals surface area contributed by atoms with Gasteiger partial charge >= 0.3 is 0 Å². The molecule has 16 heavy (non-hydrogen) atoms. The summed E-state index contributed by atoms with van der Waals surface area (Å²) in [5.74, 6) is 0. The number of hydrogen-bond donors (Lipinski definition) is 0. The lowest BCUT2D eigenvalue weighted by molar-refractivity contribution is 0.657. The maximum absolute atomic E-state index is 2.37. The predicted molar refractivity (Wildman–Crippen MR) is 71.5 cm³/mol. The summed E-state index contributed by atoms with van der Waals surface area (Å²) >= 11 is 0. The van der Waals surface area contributed by atoms with Gasteiger partial charge in [-0.3, -0.25) is 0 Å². The molecule has 0 saturated heterocycles. The fourth-order valence-electron chi connectivity index (χ4n) is 2.77. The molecule has 1 aromatic rings. The van der Waals surface area contributed by atoms with Crippen molar-refractivity contribution in [3.8, 4) is 0 Å². The molecule has 1 aliphatic rings. The SMILES string of the molecule is C/C=C1\C(=C/CC)C(C)(C)c2ccccc21. The minimum Gasteiger partial charge on any atom is -0.0801 e. The summed E-state index contributed by atoms with van der Waals surface area (Å²) in [7, 11) is 0. The lowest BCUT2D eigenvalue weighted by atomic mass is 9.82. The maximum atomic E-state index is 2.37. The number of rotatable bonds is 1. The van der Waals surface area contributed by atoms with Crippen molar-refractivity contribution in [3.63, 3.8) is 0 Å². The first-order chi connectivity index (χ1) is 7.62. The van der Waals surface area contributed by atoms with Gasteiger partial charge in [-0.15, -0.1) is 0 Å². The molecular formula is C16H20. The van der Waals surface area contributed by atoms with Crippen LogP contribution in [0.1, 0.15) is 45.2 Å². The van der Waals surface area contributed by atoms with Gasteiger partial charge in [-0.1, -0.05) is 57.2 Å². The van der Waals surface area contributed by atoms with E-state index in [-0.39, 0.29) is 5.41 Å². The van der Waals surface area contributed by atoms with Crippen LogP contribution in [0.4, 0.5) is 0 Å². The molecule has 1 aliphatic carbocycles. The Bertz CT molecular complexity index is 459. The van der Waals surface area contributed by atoms with Crippen LogP contribution < -0.4 is 0 Å². The summed E-state index contributed by atoms with van der Waals surface area (Å²) in [5, 5.41) is 0. The van der Waals surface area contributed by atoms with Crippen LogP contribution in [0.15, 0.2) is 42.0 Å². The Morgan fingerprint density at radius 1 is 1.19 bits per heavy atom. The lowest BCUT2D eigenvalue weighted by Crippen LogP contribution is -2.15. The van der Waals surface area contributed by atoms with Crippen LogP contribution >= 0.6 is 0 Å². The van der Waals surface area contributed by atoms with Crippen LogP contribution in [-0.2, 0) is 5.41 Å². The molecule has 0 heteroatoms. The van der Waals surface area contributed by atoms with Gasteiger partial charge < -0.3 is 0 Å². The van der Waals surface area contributed by atoms with Crippen LogP contribution in [0.3, 0.4) is 0 Å². The van der Waals surface area contributed by atoms with E-state index >= 15 is 0 Å². The first-order valence-corrected chi connectivity index (χ1v) is 6.10.